The fourth-order valence-corrected chi connectivity index (χ4v) is 2.49. The van der Waals surface area contributed by atoms with Gasteiger partial charge in [0.2, 0.25) is 0 Å². The Balaban J connectivity index is 2.76. The number of hydrogen-bond donors (Lipinski definition) is 1. The molecule has 4 atom stereocenters. The van der Waals surface area contributed by atoms with Gasteiger partial charge in [-0.05, 0) is 5.56 Å². The minimum absolute atomic E-state index is 0.0367. The van der Waals surface area contributed by atoms with Gasteiger partial charge < -0.3 is 14.6 Å². The highest BCUT2D eigenvalue weighted by molar-refractivity contribution is 5.49. The Bertz CT molecular complexity index is 388. The van der Waals surface area contributed by atoms with Gasteiger partial charge in [-0.2, -0.15) is 0 Å². The van der Waals surface area contributed by atoms with Gasteiger partial charge in [-0.15, -0.1) is 0 Å². The van der Waals surface area contributed by atoms with Crippen LogP contribution in [0.2, 0.25) is 0 Å². The molecule has 20 heavy (non-hydrogen) atoms. The first-order valence-electron chi connectivity index (χ1n) is 7.03. The summed E-state index contributed by atoms with van der Waals surface area (Å²) in [5.74, 6) is 0.241. The third-order valence-electron chi connectivity index (χ3n) is 3.71. The summed E-state index contributed by atoms with van der Waals surface area (Å²) in [6.07, 6.45) is 4.02. The summed E-state index contributed by atoms with van der Waals surface area (Å²) in [5.41, 5.74) is 1.14. The monoisotopic (exact) mass is 278 g/mol. The summed E-state index contributed by atoms with van der Waals surface area (Å²) in [4.78, 5) is 0. The Hall–Kier alpha value is -1.16. The SMILES string of the molecule is CO[C@@H]([C@@H](C)[C@@H](/C=C/c1ccccc1)OC)[C@H](C)CO. The average molecular weight is 278 g/mol. The van der Waals surface area contributed by atoms with Crippen molar-refractivity contribution in [2.75, 3.05) is 20.8 Å². The Morgan fingerprint density at radius 2 is 1.75 bits per heavy atom. The van der Waals surface area contributed by atoms with Crippen LogP contribution >= 0.6 is 0 Å². The summed E-state index contributed by atoms with van der Waals surface area (Å²) >= 11 is 0. The minimum atomic E-state index is -0.0471. The first-order valence-corrected chi connectivity index (χ1v) is 7.03. The molecule has 1 rings (SSSR count). The Morgan fingerprint density at radius 1 is 1.10 bits per heavy atom. The van der Waals surface area contributed by atoms with Crippen molar-refractivity contribution < 1.29 is 14.6 Å². The summed E-state index contributed by atoms with van der Waals surface area (Å²) in [5, 5.41) is 9.31. The predicted octanol–water partition coefficient (Wildman–Crippen LogP) is 2.99. The maximum Gasteiger partial charge on any atom is 0.0805 e. The van der Waals surface area contributed by atoms with Crippen molar-refractivity contribution in [1.82, 2.24) is 0 Å². The van der Waals surface area contributed by atoms with E-state index in [0.29, 0.717) is 0 Å². The molecule has 1 aromatic carbocycles. The number of ether oxygens (including phenoxy) is 2. The van der Waals surface area contributed by atoms with Crippen LogP contribution in [0.4, 0.5) is 0 Å². The molecule has 0 aliphatic carbocycles. The largest absolute Gasteiger partial charge is 0.396 e. The van der Waals surface area contributed by atoms with Gasteiger partial charge in [0.25, 0.3) is 0 Å². The van der Waals surface area contributed by atoms with Crippen LogP contribution in [0.1, 0.15) is 19.4 Å². The molecule has 0 heterocycles. The van der Waals surface area contributed by atoms with Gasteiger partial charge in [0.15, 0.2) is 0 Å². The van der Waals surface area contributed by atoms with Crippen LogP contribution < -0.4 is 0 Å². The van der Waals surface area contributed by atoms with E-state index in [1.807, 2.05) is 25.1 Å². The second-order valence-electron chi connectivity index (χ2n) is 5.19. The molecule has 0 bridgehead atoms. The average Bonchev–Trinajstić information content (AvgIpc) is 2.49. The first kappa shape index (κ1) is 16.9. The summed E-state index contributed by atoms with van der Waals surface area (Å²) in [7, 11) is 3.38. The van der Waals surface area contributed by atoms with Gasteiger partial charge in [0.05, 0.1) is 12.2 Å². The van der Waals surface area contributed by atoms with Crippen LogP contribution in [0.15, 0.2) is 36.4 Å². The van der Waals surface area contributed by atoms with E-state index < -0.39 is 0 Å². The Morgan fingerprint density at radius 3 is 2.25 bits per heavy atom. The van der Waals surface area contributed by atoms with Gasteiger partial charge in [-0.3, -0.25) is 0 Å². The number of rotatable bonds is 8. The lowest BCUT2D eigenvalue weighted by molar-refractivity contribution is -0.0435. The third kappa shape index (κ3) is 4.75. The van der Waals surface area contributed by atoms with E-state index in [0.717, 1.165) is 5.56 Å². The molecule has 0 radical (unpaired) electrons. The van der Waals surface area contributed by atoms with Crippen LogP contribution in [-0.4, -0.2) is 38.1 Å². The van der Waals surface area contributed by atoms with Gasteiger partial charge >= 0.3 is 0 Å². The van der Waals surface area contributed by atoms with Crippen molar-refractivity contribution in [3.63, 3.8) is 0 Å². The summed E-state index contributed by atoms with van der Waals surface area (Å²) < 4.78 is 11.1. The maximum atomic E-state index is 9.31. The molecule has 1 N–H and O–H groups in total. The summed E-state index contributed by atoms with van der Waals surface area (Å²) in [6.45, 7) is 4.18. The fourth-order valence-electron chi connectivity index (χ4n) is 2.49. The zero-order valence-electron chi connectivity index (χ0n) is 12.8. The van der Waals surface area contributed by atoms with Crippen LogP contribution in [0.5, 0.6) is 0 Å². The number of methoxy groups -OCH3 is 2. The molecule has 0 amide bonds. The van der Waals surface area contributed by atoms with E-state index in [9.17, 15) is 5.11 Å². The number of aliphatic hydroxyl groups excluding tert-OH is 1. The van der Waals surface area contributed by atoms with Crippen LogP contribution in [0.25, 0.3) is 6.08 Å². The topological polar surface area (TPSA) is 38.7 Å². The molecule has 0 fully saturated rings. The highest BCUT2D eigenvalue weighted by Crippen LogP contribution is 2.22. The van der Waals surface area contributed by atoms with Crippen LogP contribution in [-0.2, 0) is 9.47 Å². The molecule has 112 valence electrons. The van der Waals surface area contributed by atoms with Gasteiger partial charge in [0.1, 0.15) is 0 Å². The van der Waals surface area contributed by atoms with E-state index in [2.05, 4.69) is 31.2 Å². The molecule has 0 aromatic heterocycles. The van der Waals surface area contributed by atoms with Crippen LogP contribution in [0, 0.1) is 11.8 Å². The number of aliphatic hydroxyl groups is 1. The maximum absolute atomic E-state index is 9.31. The standard InChI is InChI=1S/C17H26O3/c1-13(12-18)17(20-4)14(2)16(19-3)11-10-15-8-6-5-7-9-15/h5-11,13-14,16-18H,12H2,1-4H3/b11-10+/t13-,14+,16-,17-/m1/s1. The smallest absolute Gasteiger partial charge is 0.0805 e. The molecular weight excluding hydrogens is 252 g/mol. The van der Waals surface area contributed by atoms with E-state index >= 15 is 0 Å². The van der Waals surface area contributed by atoms with E-state index in [1.165, 1.54) is 0 Å². The predicted molar refractivity (Wildman–Crippen MR) is 82.5 cm³/mol. The van der Waals surface area contributed by atoms with E-state index in [1.54, 1.807) is 14.2 Å². The summed E-state index contributed by atoms with van der Waals surface area (Å²) in [6, 6.07) is 10.1. The molecule has 3 heteroatoms. The van der Waals surface area contributed by atoms with Gasteiger partial charge in [-0.25, -0.2) is 0 Å². The minimum Gasteiger partial charge on any atom is -0.396 e. The fraction of sp³-hybridized carbons (Fsp3) is 0.529. The normalized spacial score (nSPS) is 17.9. The number of benzene rings is 1. The Kier molecular flexibility index (Phi) is 7.52. The molecular formula is C17H26O3. The van der Waals surface area contributed by atoms with Gasteiger partial charge in [-0.1, -0.05) is 56.3 Å². The molecule has 3 nitrogen and oxygen atoms in total. The molecule has 1 aromatic rings. The van der Waals surface area contributed by atoms with E-state index in [-0.39, 0.29) is 30.7 Å². The zero-order valence-corrected chi connectivity index (χ0v) is 12.8. The van der Waals surface area contributed by atoms with Crippen molar-refractivity contribution >= 4 is 6.08 Å². The number of hydrogen-bond acceptors (Lipinski definition) is 3. The molecule has 0 aliphatic rings. The zero-order chi connectivity index (χ0) is 15.0. The van der Waals surface area contributed by atoms with Crippen LogP contribution in [0.3, 0.4) is 0 Å². The molecule has 0 spiro atoms. The van der Waals surface area contributed by atoms with Crippen molar-refractivity contribution in [1.29, 1.82) is 0 Å². The highest BCUT2D eigenvalue weighted by atomic mass is 16.5. The van der Waals surface area contributed by atoms with Crippen molar-refractivity contribution in [2.24, 2.45) is 11.8 Å². The van der Waals surface area contributed by atoms with Crippen molar-refractivity contribution in [3.8, 4) is 0 Å². The molecule has 0 saturated carbocycles. The van der Waals surface area contributed by atoms with Crippen molar-refractivity contribution in [2.45, 2.75) is 26.1 Å². The Labute approximate surface area is 122 Å². The van der Waals surface area contributed by atoms with Gasteiger partial charge in [0, 0.05) is 32.7 Å². The lowest BCUT2D eigenvalue weighted by Crippen LogP contribution is -2.37. The molecule has 0 saturated heterocycles. The lowest BCUT2D eigenvalue weighted by Gasteiger charge is -2.31. The lowest BCUT2D eigenvalue weighted by atomic mass is 9.89. The molecule has 0 unspecified atom stereocenters. The molecule has 0 aliphatic heterocycles. The third-order valence-corrected chi connectivity index (χ3v) is 3.71. The second-order valence-corrected chi connectivity index (χ2v) is 5.19. The first-order chi connectivity index (χ1) is 9.63. The quantitative estimate of drug-likeness (QED) is 0.794. The second kappa shape index (κ2) is 8.90. The van der Waals surface area contributed by atoms with E-state index in [4.69, 9.17) is 9.47 Å². The highest BCUT2D eigenvalue weighted by Gasteiger charge is 2.28. The van der Waals surface area contributed by atoms with Crippen molar-refractivity contribution in [3.05, 3.63) is 42.0 Å².